The Morgan fingerprint density at radius 3 is 1.29 bits per heavy atom. The van der Waals surface area contributed by atoms with E-state index in [2.05, 4.69) is 35.1 Å². The van der Waals surface area contributed by atoms with Crippen LogP contribution in [0.1, 0.15) is 78.1 Å². The second kappa shape index (κ2) is 9.51. The first-order valence-electron chi connectivity index (χ1n) is 10.7. The van der Waals surface area contributed by atoms with Crippen molar-refractivity contribution in [2.75, 3.05) is 13.1 Å². The maximum Gasteiger partial charge on any atom is 0.0223 e. The van der Waals surface area contributed by atoms with E-state index in [0.29, 0.717) is 36.3 Å². The maximum atomic E-state index is 3.94. The molecule has 2 aliphatic carbocycles. The standard InChI is InChI=1S/C20H40N4/c1-15-11-13-21-18-8-4-6-10-20(18)24-16(2)12-14-22-17-7-3-5-9-19(17)23-15/h15-24H,3-14H2,1-2H3. The maximum absolute atomic E-state index is 3.94. The lowest BCUT2D eigenvalue weighted by atomic mass is 9.88. The van der Waals surface area contributed by atoms with E-state index < -0.39 is 0 Å². The van der Waals surface area contributed by atoms with Gasteiger partial charge in [-0.05, 0) is 65.5 Å². The Morgan fingerprint density at radius 1 is 0.500 bits per heavy atom. The zero-order valence-electron chi connectivity index (χ0n) is 15.9. The molecule has 6 atom stereocenters. The lowest BCUT2D eigenvalue weighted by Gasteiger charge is -2.38. The molecule has 140 valence electrons. The van der Waals surface area contributed by atoms with Crippen LogP contribution in [-0.2, 0) is 0 Å². The average Bonchev–Trinajstić information content (AvgIpc) is 2.57. The summed E-state index contributed by atoms with van der Waals surface area (Å²) in [5.41, 5.74) is 0. The molecule has 3 aliphatic rings. The first kappa shape index (κ1) is 18.6. The van der Waals surface area contributed by atoms with Crippen molar-refractivity contribution in [1.82, 2.24) is 21.3 Å². The lowest BCUT2D eigenvalue weighted by Crippen LogP contribution is -2.56. The van der Waals surface area contributed by atoms with Gasteiger partial charge in [0.15, 0.2) is 0 Å². The Labute approximate surface area is 149 Å². The number of hydrogen-bond acceptors (Lipinski definition) is 4. The minimum absolute atomic E-state index is 0.613. The second-order valence-electron chi connectivity index (χ2n) is 8.62. The van der Waals surface area contributed by atoms with Gasteiger partial charge in [0.25, 0.3) is 0 Å². The summed E-state index contributed by atoms with van der Waals surface area (Å²) in [6.45, 7) is 7.04. The van der Waals surface area contributed by atoms with E-state index in [9.17, 15) is 0 Å². The minimum atomic E-state index is 0.613. The fourth-order valence-electron chi connectivity index (χ4n) is 5.02. The minimum Gasteiger partial charge on any atom is -0.312 e. The SMILES string of the molecule is CC1CCNC2CCCCC2NC(C)CCNC2CCCCC2N1. The van der Waals surface area contributed by atoms with E-state index in [-0.39, 0.29) is 0 Å². The van der Waals surface area contributed by atoms with Gasteiger partial charge in [-0.1, -0.05) is 25.7 Å². The summed E-state index contributed by atoms with van der Waals surface area (Å²) in [5.74, 6) is 0. The van der Waals surface area contributed by atoms with Crippen LogP contribution in [0.15, 0.2) is 0 Å². The van der Waals surface area contributed by atoms with Crippen molar-refractivity contribution < 1.29 is 0 Å². The first-order chi connectivity index (χ1) is 11.7. The molecule has 0 bridgehead atoms. The molecule has 0 aromatic rings. The molecule has 2 saturated carbocycles. The Morgan fingerprint density at radius 2 is 0.875 bits per heavy atom. The fourth-order valence-corrected chi connectivity index (χ4v) is 5.02. The summed E-state index contributed by atoms with van der Waals surface area (Å²) < 4.78 is 0. The summed E-state index contributed by atoms with van der Waals surface area (Å²) in [5, 5.41) is 15.6. The summed E-state index contributed by atoms with van der Waals surface area (Å²) in [7, 11) is 0. The van der Waals surface area contributed by atoms with Gasteiger partial charge in [0.1, 0.15) is 0 Å². The van der Waals surface area contributed by atoms with Gasteiger partial charge in [-0.3, -0.25) is 0 Å². The summed E-state index contributed by atoms with van der Waals surface area (Å²) in [4.78, 5) is 0. The summed E-state index contributed by atoms with van der Waals surface area (Å²) in [6, 6.07) is 3.91. The molecule has 4 nitrogen and oxygen atoms in total. The van der Waals surface area contributed by atoms with E-state index in [1.165, 1.54) is 64.2 Å². The van der Waals surface area contributed by atoms with E-state index >= 15 is 0 Å². The van der Waals surface area contributed by atoms with Crippen LogP contribution in [0.3, 0.4) is 0 Å². The molecule has 1 saturated heterocycles. The van der Waals surface area contributed by atoms with Gasteiger partial charge in [0.2, 0.25) is 0 Å². The predicted octanol–water partition coefficient (Wildman–Crippen LogP) is 2.54. The highest BCUT2D eigenvalue weighted by Crippen LogP contribution is 2.21. The predicted molar refractivity (Wildman–Crippen MR) is 103 cm³/mol. The molecule has 1 aliphatic heterocycles. The van der Waals surface area contributed by atoms with E-state index in [4.69, 9.17) is 0 Å². The molecule has 0 radical (unpaired) electrons. The molecule has 4 heteroatoms. The van der Waals surface area contributed by atoms with E-state index in [0.717, 1.165) is 13.1 Å². The molecular formula is C20H40N4. The highest BCUT2D eigenvalue weighted by molar-refractivity contribution is 4.91. The Hall–Kier alpha value is -0.160. The molecule has 6 unspecified atom stereocenters. The Balaban J connectivity index is 1.60. The third-order valence-corrected chi connectivity index (χ3v) is 6.50. The second-order valence-corrected chi connectivity index (χ2v) is 8.62. The van der Waals surface area contributed by atoms with E-state index in [1.54, 1.807) is 0 Å². The van der Waals surface area contributed by atoms with Crippen LogP contribution in [-0.4, -0.2) is 49.3 Å². The number of fused-ring (bicyclic) bond motifs is 2. The van der Waals surface area contributed by atoms with Crippen LogP contribution in [0.4, 0.5) is 0 Å². The average molecular weight is 337 g/mol. The van der Waals surface area contributed by atoms with Crippen molar-refractivity contribution in [3.8, 4) is 0 Å². The fraction of sp³-hybridized carbons (Fsp3) is 1.00. The molecular weight excluding hydrogens is 296 g/mol. The summed E-state index contributed by atoms with van der Waals surface area (Å²) >= 11 is 0. The molecule has 4 N–H and O–H groups in total. The zero-order valence-corrected chi connectivity index (χ0v) is 15.9. The molecule has 0 amide bonds. The number of rotatable bonds is 0. The van der Waals surface area contributed by atoms with Gasteiger partial charge >= 0.3 is 0 Å². The summed E-state index contributed by atoms with van der Waals surface area (Å²) in [6.07, 6.45) is 13.4. The van der Waals surface area contributed by atoms with Crippen molar-refractivity contribution in [2.24, 2.45) is 0 Å². The highest BCUT2D eigenvalue weighted by atomic mass is 15.1. The van der Waals surface area contributed by atoms with Gasteiger partial charge in [-0.25, -0.2) is 0 Å². The third-order valence-electron chi connectivity index (χ3n) is 6.50. The van der Waals surface area contributed by atoms with Crippen LogP contribution in [0.5, 0.6) is 0 Å². The Bertz CT molecular complexity index is 328. The van der Waals surface area contributed by atoms with Gasteiger partial charge in [-0.2, -0.15) is 0 Å². The molecule has 3 rings (SSSR count). The van der Waals surface area contributed by atoms with Crippen molar-refractivity contribution in [1.29, 1.82) is 0 Å². The molecule has 1 heterocycles. The molecule has 0 spiro atoms. The van der Waals surface area contributed by atoms with Crippen LogP contribution >= 0.6 is 0 Å². The molecule has 0 aromatic carbocycles. The van der Waals surface area contributed by atoms with Gasteiger partial charge < -0.3 is 21.3 Å². The van der Waals surface area contributed by atoms with Gasteiger partial charge in [0, 0.05) is 36.3 Å². The van der Waals surface area contributed by atoms with Gasteiger partial charge in [-0.15, -0.1) is 0 Å². The Kier molecular flexibility index (Phi) is 7.38. The van der Waals surface area contributed by atoms with Crippen LogP contribution in [0, 0.1) is 0 Å². The smallest absolute Gasteiger partial charge is 0.0223 e. The van der Waals surface area contributed by atoms with Crippen molar-refractivity contribution in [3.05, 3.63) is 0 Å². The number of hydrogen-bond donors (Lipinski definition) is 4. The van der Waals surface area contributed by atoms with Crippen LogP contribution < -0.4 is 21.3 Å². The quantitative estimate of drug-likeness (QED) is 0.549. The van der Waals surface area contributed by atoms with Crippen molar-refractivity contribution in [3.63, 3.8) is 0 Å². The van der Waals surface area contributed by atoms with Crippen molar-refractivity contribution in [2.45, 2.75) is 114 Å². The van der Waals surface area contributed by atoms with Gasteiger partial charge in [0.05, 0.1) is 0 Å². The molecule has 24 heavy (non-hydrogen) atoms. The van der Waals surface area contributed by atoms with Crippen LogP contribution in [0.2, 0.25) is 0 Å². The normalized spacial score (nSPS) is 43.2. The van der Waals surface area contributed by atoms with Crippen LogP contribution in [0.25, 0.3) is 0 Å². The number of nitrogens with one attached hydrogen (secondary N) is 4. The molecule has 3 fully saturated rings. The largest absolute Gasteiger partial charge is 0.312 e. The first-order valence-corrected chi connectivity index (χ1v) is 10.7. The van der Waals surface area contributed by atoms with E-state index in [1.807, 2.05) is 0 Å². The molecule has 0 aromatic heterocycles. The third kappa shape index (κ3) is 5.42. The zero-order chi connectivity index (χ0) is 16.8. The monoisotopic (exact) mass is 336 g/mol. The lowest BCUT2D eigenvalue weighted by molar-refractivity contribution is 0.234. The van der Waals surface area contributed by atoms with Crippen molar-refractivity contribution >= 4 is 0 Å². The topological polar surface area (TPSA) is 48.1 Å². The highest BCUT2D eigenvalue weighted by Gasteiger charge is 2.28.